The number of oxazole rings is 1. The zero-order valence-electron chi connectivity index (χ0n) is 20.0. The van der Waals surface area contributed by atoms with Crippen LogP contribution in [-0.4, -0.2) is 72.6 Å². The van der Waals surface area contributed by atoms with Gasteiger partial charge in [0.2, 0.25) is 11.7 Å². The Bertz CT molecular complexity index is 1350. The predicted octanol–water partition coefficient (Wildman–Crippen LogP) is 3.50. The molecule has 1 saturated heterocycles. The highest BCUT2D eigenvalue weighted by Gasteiger charge is 2.19. The molecule has 2 aromatic carbocycles. The van der Waals surface area contributed by atoms with Crippen molar-refractivity contribution in [2.75, 3.05) is 51.9 Å². The van der Waals surface area contributed by atoms with Crippen LogP contribution in [-0.2, 0) is 4.74 Å². The average molecular weight is 509 g/mol. The number of rotatable bonds is 9. The van der Waals surface area contributed by atoms with Crippen LogP contribution in [0.3, 0.4) is 0 Å². The van der Waals surface area contributed by atoms with Crippen molar-refractivity contribution in [3.8, 4) is 34.6 Å². The van der Waals surface area contributed by atoms with Crippen molar-refractivity contribution in [1.29, 1.82) is 0 Å². The molecule has 0 unspecified atom stereocenters. The number of anilines is 1. The quantitative estimate of drug-likeness (QED) is 0.358. The monoisotopic (exact) mass is 509 g/mol. The van der Waals surface area contributed by atoms with Crippen LogP contribution in [0.1, 0.15) is 10.4 Å². The first-order valence-corrected chi connectivity index (χ1v) is 11.6. The number of ether oxygens (including phenoxy) is 3. The maximum atomic E-state index is 14.6. The molecular weight excluding hydrogens is 485 g/mol. The number of carbonyl (C=O) groups is 1. The van der Waals surface area contributed by atoms with Gasteiger partial charge in [0.25, 0.3) is 11.8 Å². The minimum atomic E-state index is -0.635. The number of nitrogens with one attached hydrogen (secondary N) is 1. The van der Waals surface area contributed by atoms with Crippen LogP contribution in [0.5, 0.6) is 11.5 Å². The number of benzene rings is 2. The Morgan fingerprint density at radius 2 is 1.97 bits per heavy atom. The molecule has 37 heavy (non-hydrogen) atoms. The fraction of sp³-hybridized carbons (Fsp3) is 0.280. The van der Waals surface area contributed by atoms with E-state index in [-0.39, 0.29) is 23.0 Å². The van der Waals surface area contributed by atoms with E-state index in [1.54, 1.807) is 18.2 Å². The first-order valence-electron chi connectivity index (χ1n) is 11.6. The number of methoxy groups -OCH3 is 1. The van der Waals surface area contributed by atoms with Crippen LogP contribution >= 0.6 is 0 Å². The van der Waals surface area contributed by atoms with Gasteiger partial charge in [-0.15, -0.1) is 10.2 Å². The molecule has 4 aromatic rings. The lowest BCUT2D eigenvalue weighted by Gasteiger charge is -2.26. The number of morpholine rings is 1. The van der Waals surface area contributed by atoms with Gasteiger partial charge in [-0.3, -0.25) is 9.69 Å². The molecule has 192 valence electrons. The van der Waals surface area contributed by atoms with E-state index in [1.807, 2.05) is 0 Å². The molecule has 0 atom stereocenters. The summed E-state index contributed by atoms with van der Waals surface area (Å²) in [7, 11) is 1.45. The second-order valence-electron chi connectivity index (χ2n) is 8.09. The topological polar surface area (TPSA) is 125 Å². The summed E-state index contributed by atoms with van der Waals surface area (Å²) in [5.74, 6) is 0.159. The number of aromatic nitrogens is 3. The summed E-state index contributed by atoms with van der Waals surface area (Å²) in [5, 5.41) is 10.5. The summed E-state index contributed by atoms with van der Waals surface area (Å²) in [5.41, 5.74) is 0.534. The van der Waals surface area contributed by atoms with Crippen molar-refractivity contribution in [2.45, 2.75) is 0 Å². The first-order chi connectivity index (χ1) is 18.1. The number of nitrogens with zero attached hydrogens (tertiary/aromatic N) is 4. The molecule has 0 radical (unpaired) electrons. The van der Waals surface area contributed by atoms with Crippen molar-refractivity contribution in [3.63, 3.8) is 0 Å². The van der Waals surface area contributed by atoms with Crippen LogP contribution in [0.15, 0.2) is 57.8 Å². The summed E-state index contributed by atoms with van der Waals surface area (Å²) < 4.78 is 41.9. The molecule has 0 aliphatic carbocycles. The second kappa shape index (κ2) is 11.2. The largest absolute Gasteiger partial charge is 0.496 e. The van der Waals surface area contributed by atoms with Crippen molar-refractivity contribution in [1.82, 2.24) is 20.1 Å². The first kappa shape index (κ1) is 24.4. The minimum absolute atomic E-state index is 0.0670. The highest BCUT2D eigenvalue weighted by atomic mass is 19.1. The molecule has 1 fully saturated rings. The number of amides is 1. The molecule has 12 heteroatoms. The molecule has 1 aliphatic rings. The van der Waals surface area contributed by atoms with Gasteiger partial charge in [0, 0.05) is 25.2 Å². The van der Waals surface area contributed by atoms with Crippen LogP contribution in [0.2, 0.25) is 0 Å². The van der Waals surface area contributed by atoms with Gasteiger partial charge in [-0.05, 0) is 36.4 Å². The van der Waals surface area contributed by atoms with E-state index in [9.17, 15) is 9.18 Å². The summed E-state index contributed by atoms with van der Waals surface area (Å²) in [6, 6.07) is 8.99. The maximum absolute atomic E-state index is 14.6. The second-order valence-corrected chi connectivity index (χ2v) is 8.09. The molecule has 5 rings (SSSR count). The van der Waals surface area contributed by atoms with Gasteiger partial charge in [-0.25, -0.2) is 9.37 Å². The van der Waals surface area contributed by atoms with Crippen LogP contribution in [0.4, 0.5) is 10.1 Å². The van der Waals surface area contributed by atoms with E-state index < -0.39 is 11.7 Å². The van der Waals surface area contributed by atoms with Gasteiger partial charge in [0.15, 0.2) is 6.39 Å². The number of hydrogen-bond donors (Lipinski definition) is 1. The SMILES string of the molecule is COc1ccc(OCCN2CCOCC2)cc1C(=O)Nc1cc(-c2nnc(-c3cnco3)o2)ccc1F. The molecule has 1 N–H and O–H groups in total. The van der Waals surface area contributed by atoms with E-state index in [1.165, 1.54) is 37.9 Å². The van der Waals surface area contributed by atoms with E-state index >= 15 is 0 Å². The van der Waals surface area contributed by atoms with E-state index in [0.717, 1.165) is 19.6 Å². The van der Waals surface area contributed by atoms with Crippen LogP contribution in [0, 0.1) is 5.82 Å². The Morgan fingerprint density at radius 3 is 2.76 bits per heavy atom. The van der Waals surface area contributed by atoms with Crippen LogP contribution < -0.4 is 14.8 Å². The predicted molar refractivity (Wildman–Crippen MR) is 129 cm³/mol. The highest BCUT2D eigenvalue weighted by molar-refractivity contribution is 6.06. The van der Waals surface area contributed by atoms with Gasteiger partial charge in [-0.1, -0.05) is 0 Å². The molecule has 11 nitrogen and oxygen atoms in total. The third kappa shape index (κ3) is 5.76. The lowest BCUT2D eigenvalue weighted by atomic mass is 10.1. The number of halogens is 1. The van der Waals surface area contributed by atoms with Crippen molar-refractivity contribution < 1.29 is 32.2 Å². The third-order valence-electron chi connectivity index (χ3n) is 5.73. The molecule has 0 bridgehead atoms. The molecule has 3 heterocycles. The summed E-state index contributed by atoms with van der Waals surface area (Å²) in [6.45, 7) is 4.32. The van der Waals surface area contributed by atoms with Gasteiger partial charge in [-0.2, -0.15) is 0 Å². The van der Waals surface area contributed by atoms with E-state index in [0.29, 0.717) is 42.6 Å². The summed E-state index contributed by atoms with van der Waals surface area (Å²) in [4.78, 5) is 19.2. The fourth-order valence-corrected chi connectivity index (χ4v) is 3.78. The zero-order chi connectivity index (χ0) is 25.6. The Hall–Kier alpha value is -4.29. The van der Waals surface area contributed by atoms with Crippen molar-refractivity contribution >= 4 is 11.6 Å². The molecular formula is C25H24FN5O6. The fourth-order valence-electron chi connectivity index (χ4n) is 3.78. The lowest BCUT2D eigenvalue weighted by Crippen LogP contribution is -2.38. The standard InChI is InChI=1S/C25H24FN5O6/c1-33-21-5-3-17(35-11-8-31-6-9-34-10-7-31)13-18(21)23(32)28-20-12-16(2-4-19(20)26)24-29-30-25(37-24)22-14-27-15-36-22/h2-5,12-15H,6-11H2,1H3,(H,28,32). The van der Waals surface area contributed by atoms with Crippen LogP contribution in [0.25, 0.3) is 23.1 Å². The Kier molecular flexibility index (Phi) is 7.38. The van der Waals surface area contributed by atoms with Crippen molar-refractivity contribution in [3.05, 3.63) is 60.4 Å². The maximum Gasteiger partial charge on any atom is 0.285 e. The molecule has 0 spiro atoms. The molecule has 1 amide bonds. The van der Waals surface area contributed by atoms with Crippen molar-refractivity contribution in [2.24, 2.45) is 0 Å². The Morgan fingerprint density at radius 1 is 1.14 bits per heavy atom. The van der Waals surface area contributed by atoms with E-state index in [4.69, 9.17) is 23.0 Å². The Labute approximate surface area is 211 Å². The van der Waals surface area contributed by atoms with Gasteiger partial charge in [0.1, 0.15) is 23.9 Å². The number of carbonyl (C=O) groups excluding carboxylic acids is 1. The molecule has 2 aromatic heterocycles. The smallest absolute Gasteiger partial charge is 0.285 e. The molecule has 0 saturated carbocycles. The van der Waals surface area contributed by atoms with Gasteiger partial charge < -0.3 is 28.4 Å². The normalized spacial score (nSPS) is 13.9. The summed E-state index contributed by atoms with van der Waals surface area (Å²) in [6.07, 6.45) is 2.67. The summed E-state index contributed by atoms with van der Waals surface area (Å²) >= 11 is 0. The number of hydrogen-bond acceptors (Lipinski definition) is 10. The molecule has 1 aliphatic heterocycles. The lowest BCUT2D eigenvalue weighted by molar-refractivity contribution is 0.0322. The van der Waals surface area contributed by atoms with E-state index in [2.05, 4.69) is 25.4 Å². The Balaban J connectivity index is 1.30. The third-order valence-corrected chi connectivity index (χ3v) is 5.73. The minimum Gasteiger partial charge on any atom is -0.496 e. The van der Waals surface area contributed by atoms with Gasteiger partial charge >= 0.3 is 0 Å². The average Bonchev–Trinajstić information content (AvgIpc) is 3.63. The van der Waals surface area contributed by atoms with Gasteiger partial charge in [0.05, 0.1) is 37.8 Å². The highest BCUT2D eigenvalue weighted by Crippen LogP contribution is 2.29. The zero-order valence-corrected chi connectivity index (χ0v) is 20.0.